The third-order valence-corrected chi connectivity index (χ3v) is 2.93. The zero-order valence-corrected chi connectivity index (χ0v) is 12.2. The van der Waals surface area contributed by atoms with E-state index in [1.807, 2.05) is 20.8 Å². The predicted molar refractivity (Wildman–Crippen MR) is 72.4 cm³/mol. The van der Waals surface area contributed by atoms with Crippen molar-refractivity contribution in [3.05, 3.63) is 0 Å². The lowest BCUT2D eigenvalue weighted by Gasteiger charge is -2.31. The minimum Gasteiger partial charge on any atom is -0.380 e. The van der Waals surface area contributed by atoms with Crippen LogP contribution >= 0.6 is 0 Å². The molecule has 0 aliphatic carbocycles. The molecule has 1 unspecified atom stereocenters. The van der Waals surface area contributed by atoms with Crippen molar-refractivity contribution in [2.75, 3.05) is 39.5 Å². The number of rotatable bonds is 10. The fourth-order valence-electron chi connectivity index (χ4n) is 1.47. The maximum atomic E-state index is 12.3. The Labute approximate surface area is 111 Å². The molecule has 1 atom stereocenters. The molecule has 0 aliphatic heterocycles. The quantitative estimate of drug-likeness (QED) is 0.596. The van der Waals surface area contributed by atoms with Crippen LogP contribution in [0.3, 0.4) is 0 Å². The molecule has 0 spiro atoms. The van der Waals surface area contributed by atoms with Gasteiger partial charge in [-0.2, -0.15) is 0 Å². The van der Waals surface area contributed by atoms with Crippen LogP contribution in [0.25, 0.3) is 0 Å². The first-order valence-corrected chi connectivity index (χ1v) is 6.73. The van der Waals surface area contributed by atoms with Crippen LogP contribution in [0, 0.1) is 0 Å². The van der Waals surface area contributed by atoms with Gasteiger partial charge >= 0.3 is 0 Å². The van der Waals surface area contributed by atoms with Crippen molar-refractivity contribution >= 4 is 5.91 Å². The highest BCUT2D eigenvalue weighted by atomic mass is 16.5. The van der Waals surface area contributed by atoms with Crippen molar-refractivity contribution in [2.24, 2.45) is 5.73 Å². The van der Waals surface area contributed by atoms with Crippen LogP contribution in [0.15, 0.2) is 0 Å². The van der Waals surface area contributed by atoms with E-state index in [2.05, 4.69) is 0 Å². The van der Waals surface area contributed by atoms with Gasteiger partial charge in [-0.1, -0.05) is 6.92 Å². The van der Waals surface area contributed by atoms with E-state index in [9.17, 15) is 4.79 Å². The number of nitrogens with two attached hydrogens (primary N) is 1. The van der Waals surface area contributed by atoms with Crippen LogP contribution in [-0.2, 0) is 14.3 Å². The zero-order chi connectivity index (χ0) is 14.0. The van der Waals surface area contributed by atoms with Crippen molar-refractivity contribution in [1.29, 1.82) is 0 Å². The number of hydrogen-bond donors (Lipinski definition) is 1. The number of ether oxygens (including phenoxy) is 2. The van der Waals surface area contributed by atoms with Crippen molar-refractivity contribution < 1.29 is 14.3 Å². The molecule has 5 heteroatoms. The minimum atomic E-state index is -0.807. The summed E-state index contributed by atoms with van der Waals surface area (Å²) in [6, 6.07) is 0. The smallest absolute Gasteiger partial charge is 0.242 e. The Hall–Kier alpha value is -0.650. The van der Waals surface area contributed by atoms with Crippen molar-refractivity contribution in [3.8, 4) is 0 Å². The highest BCUT2D eigenvalue weighted by Crippen LogP contribution is 2.10. The van der Waals surface area contributed by atoms with Gasteiger partial charge in [0.1, 0.15) is 0 Å². The highest BCUT2D eigenvalue weighted by molar-refractivity contribution is 5.85. The molecule has 0 aliphatic rings. The summed E-state index contributed by atoms with van der Waals surface area (Å²) in [6.07, 6.45) is 0.617. The summed E-state index contributed by atoms with van der Waals surface area (Å²) < 4.78 is 10.6. The SMILES string of the molecule is CCOCCN(CCOCC)C(=O)C(C)(N)CC. The summed E-state index contributed by atoms with van der Waals surface area (Å²) in [5.41, 5.74) is 5.19. The Bertz CT molecular complexity index is 222. The second-order valence-corrected chi connectivity index (χ2v) is 4.46. The lowest BCUT2D eigenvalue weighted by Crippen LogP contribution is -2.54. The first-order valence-electron chi connectivity index (χ1n) is 6.73. The van der Waals surface area contributed by atoms with E-state index in [4.69, 9.17) is 15.2 Å². The molecule has 2 N–H and O–H groups in total. The van der Waals surface area contributed by atoms with E-state index in [-0.39, 0.29) is 5.91 Å². The first kappa shape index (κ1) is 17.4. The zero-order valence-electron chi connectivity index (χ0n) is 12.2. The Kier molecular flexibility index (Phi) is 8.97. The van der Waals surface area contributed by atoms with E-state index >= 15 is 0 Å². The monoisotopic (exact) mass is 260 g/mol. The Balaban J connectivity index is 4.38. The first-order chi connectivity index (χ1) is 8.49. The summed E-state index contributed by atoms with van der Waals surface area (Å²) in [6.45, 7) is 11.1. The number of carbonyl (C=O) groups excluding carboxylic acids is 1. The number of hydrogen-bond acceptors (Lipinski definition) is 4. The largest absolute Gasteiger partial charge is 0.380 e. The molecule has 0 rings (SSSR count). The Morgan fingerprint density at radius 3 is 1.89 bits per heavy atom. The molecule has 0 saturated heterocycles. The fourth-order valence-corrected chi connectivity index (χ4v) is 1.47. The van der Waals surface area contributed by atoms with Gasteiger partial charge < -0.3 is 20.1 Å². The third-order valence-electron chi connectivity index (χ3n) is 2.93. The van der Waals surface area contributed by atoms with Crippen LogP contribution in [0.2, 0.25) is 0 Å². The van der Waals surface area contributed by atoms with Crippen LogP contribution in [0.5, 0.6) is 0 Å². The number of nitrogens with zero attached hydrogens (tertiary/aromatic N) is 1. The maximum Gasteiger partial charge on any atom is 0.242 e. The predicted octanol–water partition coefficient (Wildman–Crippen LogP) is 1.02. The van der Waals surface area contributed by atoms with E-state index in [0.717, 1.165) is 0 Å². The van der Waals surface area contributed by atoms with E-state index in [1.54, 1.807) is 11.8 Å². The van der Waals surface area contributed by atoms with Crippen LogP contribution in [-0.4, -0.2) is 55.9 Å². The van der Waals surface area contributed by atoms with Gasteiger partial charge in [-0.15, -0.1) is 0 Å². The molecule has 0 fully saturated rings. The second-order valence-electron chi connectivity index (χ2n) is 4.46. The topological polar surface area (TPSA) is 64.8 Å². The third kappa shape index (κ3) is 6.33. The Morgan fingerprint density at radius 2 is 1.56 bits per heavy atom. The van der Waals surface area contributed by atoms with Gasteiger partial charge in [0.05, 0.1) is 18.8 Å². The molecule has 0 heterocycles. The maximum absolute atomic E-state index is 12.3. The molecule has 0 radical (unpaired) electrons. The average Bonchev–Trinajstić information content (AvgIpc) is 2.36. The van der Waals surface area contributed by atoms with Crippen LogP contribution in [0.4, 0.5) is 0 Å². The second kappa shape index (κ2) is 9.30. The van der Waals surface area contributed by atoms with Gasteiger partial charge in [-0.25, -0.2) is 0 Å². The molecule has 0 aromatic carbocycles. The standard InChI is InChI=1S/C13H28N2O3/c1-5-13(4,14)12(16)15(8-10-17-6-2)9-11-18-7-3/h5-11,14H2,1-4H3. The summed E-state index contributed by atoms with van der Waals surface area (Å²) in [5.74, 6) is -0.0376. The Morgan fingerprint density at radius 1 is 1.11 bits per heavy atom. The number of amides is 1. The highest BCUT2D eigenvalue weighted by Gasteiger charge is 2.30. The van der Waals surface area contributed by atoms with Crippen molar-refractivity contribution in [1.82, 2.24) is 4.90 Å². The molecule has 5 nitrogen and oxygen atoms in total. The lowest BCUT2D eigenvalue weighted by molar-refractivity contribution is -0.138. The van der Waals surface area contributed by atoms with E-state index in [1.165, 1.54) is 0 Å². The van der Waals surface area contributed by atoms with Gasteiger partial charge in [0.15, 0.2) is 0 Å². The molecule has 0 aromatic rings. The molecule has 18 heavy (non-hydrogen) atoms. The fraction of sp³-hybridized carbons (Fsp3) is 0.923. The summed E-state index contributed by atoms with van der Waals surface area (Å²) in [7, 11) is 0. The summed E-state index contributed by atoms with van der Waals surface area (Å²) in [4.78, 5) is 14.0. The van der Waals surface area contributed by atoms with Crippen LogP contribution in [0.1, 0.15) is 34.1 Å². The normalized spacial score (nSPS) is 14.3. The van der Waals surface area contributed by atoms with E-state index in [0.29, 0.717) is 45.9 Å². The molecule has 0 bridgehead atoms. The van der Waals surface area contributed by atoms with Gasteiger partial charge in [0, 0.05) is 26.3 Å². The average molecular weight is 260 g/mol. The molecule has 0 aromatic heterocycles. The van der Waals surface area contributed by atoms with Gasteiger partial charge in [-0.3, -0.25) is 4.79 Å². The van der Waals surface area contributed by atoms with Gasteiger partial charge in [0.25, 0.3) is 0 Å². The summed E-state index contributed by atoms with van der Waals surface area (Å²) in [5, 5.41) is 0. The van der Waals surface area contributed by atoms with Crippen LogP contribution < -0.4 is 5.73 Å². The summed E-state index contributed by atoms with van der Waals surface area (Å²) >= 11 is 0. The van der Waals surface area contributed by atoms with Gasteiger partial charge in [0.2, 0.25) is 5.91 Å². The lowest BCUT2D eigenvalue weighted by atomic mass is 9.98. The minimum absolute atomic E-state index is 0.0376. The van der Waals surface area contributed by atoms with Crippen molar-refractivity contribution in [2.45, 2.75) is 39.7 Å². The van der Waals surface area contributed by atoms with Crippen molar-refractivity contribution in [3.63, 3.8) is 0 Å². The molecular weight excluding hydrogens is 232 g/mol. The molecule has 1 amide bonds. The molecule has 0 saturated carbocycles. The van der Waals surface area contributed by atoms with Gasteiger partial charge in [-0.05, 0) is 27.2 Å². The number of carbonyl (C=O) groups is 1. The van der Waals surface area contributed by atoms with E-state index < -0.39 is 5.54 Å². The molecular formula is C13H28N2O3. The molecule has 108 valence electrons.